The molecule has 1 aliphatic carbocycles. The summed E-state index contributed by atoms with van der Waals surface area (Å²) in [6.07, 6.45) is 8.58. The van der Waals surface area contributed by atoms with Crippen LogP contribution in [0.4, 0.5) is 0 Å². The maximum Gasteiger partial charge on any atom is 0.218 e. The van der Waals surface area contributed by atoms with Gasteiger partial charge in [-0.1, -0.05) is 129 Å². The summed E-state index contributed by atoms with van der Waals surface area (Å²) < 4.78 is 7.74. The lowest BCUT2D eigenvalue weighted by Gasteiger charge is -2.47. The van der Waals surface area contributed by atoms with Crippen LogP contribution < -0.4 is 8.97 Å². The molecule has 3 atom stereocenters. The fraction of sp³-hybridized carbons (Fsp3) is 0.161. The van der Waals surface area contributed by atoms with E-state index in [0.29, 0.717) is 0 Å². The van der Waals surface area contributed by atoms with Gasteiger partial charge in [0.05, 0.1) is 33.8 Å². The van der Waals surface area contributed by atoms with Gasteiger partial charge in [-0.25, -0.2) is 0 Å². The van der Waals surface area contributed by atoms with Crippen molar-refractivity contribution in [1.82, 2.24) is 4.57 Å². The summed E-state index contributed by atoms with van der Waals surface area (Å²) in [4.78, 5) is 0. The summed E-state index contributed by atoms with van der Waals surface area (Å²) in [5.74, 6) is 0.266. The fourth-order valence-corrected chi connectivity index (χ4v) is 12.7. The predicted molar refractivity (Wildman–Crippen MR) is 268 cm³/mol. The van der Waals surface area contributed by atoms with Crippen LogP contribution in [0.1, 0.15) is 67.5 Å². The van der Waals surface area contributed by atoms with Crippen LogP contribution in [0.25, 0.3) is 76.9 Å². The molecular weight excluding hydrogens is 787 g/mol. The third kappa shape index (κ3) is 5.42. The Kier molecular flexibility index (Phi) is 8.40. The monoisotopic (exact) mass is 837 g/mol. The first kappa shape index (κ1) is 38.1. The highest BCUT2D eigenvalue weighted by molar-refractivity contribution is 6.11. The number of hydrogen-bond donors (Lipinski definition) is 0. The molecule has 312 valence electrons. The Labute approximate surface area is 380 Å². The molecule has 3 unspecified atom stereocenters. The van der Waals surface area contributed by atoms with E-state index in [1.54, 1.807) is 0 Å². The van der Waals surface area contributed by atoms with Gasteiger partial charge in [-0.2, -0.15) is 8.97 Å². The maximum atomic E-state index is 2.72. The molecule has 0 amide bonds. The standard InChI is InChI=1S/C62H51N3/c1-4-61(3)56-31-30-46(65-58-29-16-15-27-50(58)54-37-52-48-25-13-11-23-44(48)34-51(53(52)38-60(54)65)41-19-7-6-8-20-41)36-55(56)59-35-42-21-9-10-24-45(42)40-64(59)62(61,5-2)39-47-33-43-22-12-14-26-49(43)57-28-17-18-32-63(47)57/h6-33,35-38,40,51H,4-5,34,39H2,1-3H3/q+2. The van der Waals surface area contributed by atoms with E-state index in [0.717, 1.165) is 25.7 Å². The first-order valence-electron chi connectivity index (χ1n) is 23.6. The summed E-state index contributed by atoms with van der Waals surface area (Å²) in [5, 5.41) is 7.68. The molecule has 0 radical (unpaired) electrons. The van der Waals surface area contributed by atoms with Gasteiger partial charge in [0, 0.05) is 58.5 Å². The van der Waals surface area contributed by atoms with Crippen molar-refractivity contribution < 1.29 is 8.97 Å². The van der Waals surface area contributed by atoms with Gasteiger partial charge in [0.15, 0.2) is 23.6 Å². The largest absolute Gasteiger partial charge is 0.309 e. The second-order valence-electron chi connectivity index (χ2n) is 18.9. The number of aromatic nitrogens is 3. The SMILES string of the molecule is CCC1(C)c2ccc(-n3c4ccccc4c4cc5c(cc43)C(c3ccccc3)Cc3ccccc3-5)cc2-c2cc3ccccc3c[n+]2C1(CC)Cc1cc2ccccc2c2cccc[n+]12. The summed E-state index contributed by atoms with van der Waals surface area (Å²) in [7, 11) is 0. The molecule has 0 bridgehead atoms. The lowest BCUT2D eigenvalue weighted by molar-refractivity contribution is -0.770. The molecule has 0 fully saturated rings. The van der Waals surface area contributed by atoms with Crippen molar-refractivity contribution in [1.29, 1.82) is 0 Å². The van der Waals surface area contributed by atoms with Crippen molar-refractivity contribution in [2.24, 2.45) is 0 Å². The zero-order chi connectivity index (χ0) is 43.4. The zero-order valence-corrected chi connectivity index (χ0v) is 37.3. The molecule has 11 aromatic rings. The van der Waals surface area contributed by atoms with Crippen LogP contribution in [0, 0.1) is 0 Å². The van der Waals surface area contributed by atoms with Gasteiger partial charge in [0.25, 0.3) is 0 Å². The summed E-state index contributed by atoms with van der Waals surface area (Å²) >= 11 is 0. The maximum absolute atomic E-state index is 2.72. The first-order valence-corrected chi connectivity index (χ1v) is 23.6. The quantitative estimate of drug-likeness (QED) is 0.117. The number of nitrogens with zero attached hydrogens (tertiary/aromatic N) is 3. The number of hydrogen-bond acceptors (Lipinski definition) is 0. The Morgan fingerprint density at radius 3 is 2.15 bits per heavy atom. The smallest absolute Gasteiger partial charge is 0.218 e. The molecule has 13 rings (SSSR count). The van der Waals surface area contributed by atoms with Gasteiger partial charge in [-0.15, -0.1) is 0 Å². The van der Waals surface area contributed by atoms with Gasteiger partial charge < -0.3 is 4.57 Å². The van der Waals surface area contributed by atoms with E-state index in [1.807, 2.05) is 0 Å². The van der Waals surface area contributed by atoms with E-state index in [4.69, 9.17) is 0 Å². The minimum Gasteiger partial charge on any atom is -0.309 e. The Hall–Kier alpha value is -7.36. The second-order valence-corrected chi connectivity index (χ2v) is 18.9. The van der Waals surface area contributed by atoms with Crippen molar-refractivity contribution >= 4 is 48.9 Å². The first-order chi connectivity index (χ1) is 32.0. The van der Waals surface area contributed by atoms with Crippen LogP contribution in [0.15, 0.2) is 200 Å². The number of pyridine rings is 3. The Morgan fingerprint density at radius 2 is 1.31 bits per heavy atom. The van der Waals surface area contributed by atoms with Gasteiger partial charge in [-0.3, -0.25) is 0 Å². The molecule has 4 aromatic heterocycles. The van der Waals surface area contributed by atoms with Crippen LogP contribution >= 0.6 is 0 Å². The van der Waals surface area contributed by atoms with Crippen LogP contribution in [0.2, 0.25) is 0 Å². The Balaban J connectivity index is 1.06. The molecule has 1 aliphatic heterocycles. The van der Waals surface area contributed by atoms with Crippen LogP contribution in [-0.2, 0) is 23.8 Å². The van der Waals surface area contributed by atoms with E-state index in [1.165, 1.54) is 105 Å². The number of para-hydroxylation sites is 1. The van der Waals surface area contributed by atoms with Crippen LogP contribution in [0.3, 0.4) is 0 Å². The summed E-state index contributed by atoms with van der Waals surface area (Å²) in [5.41, 5.74) is 16.7. The van der Waals surface area contributed by atoms with Gasteiger partial charge >= 0.3 is 0 Å². The van der Waals surface area contributed by atoms with Crippen LogP contribution in [-0.4, -0.2) is 4.57 Å². The number of benzene rings is 7. The highest BCUT2D eigenvalue weighted by atomic mass is 15.1. The van der Waals surface area contributed by atoms with Gasteiger partial charge in [-0.05, 0) is 112 Å². The van der Waals surface area contributed by atoms with E-state index in [9.17, 15) is 0 Å². The Bertz CT molecular complexity index is 3730. The number of rotatable bonds is 6. The molecule has 5 heterocycles. The number of fused-ring (bicyclic) bond motifs is 13. The van der Waals surface area contributed by atoms with Gasteiger partial charge in [0.1, 0.15) is 0 Å². The van der Waals surface area contributed by atoms with Gasteiger partial charge in [0.2, 0.25) is 11.2 Å². The normalized spacial score (nSPS) is 18.8. The second kappa shape index (κ2) is 14.3. The van der Waals surface area contributed by atoms with E-state index in [2.05, 4.69) is 235 Å². The molecular formula is C62H51N3+2. The molecule has 7 aromatic carbocycles. The zero-order valence-electron chi connectivity index (χ0n) is 37.3. The van der Waals surface area contributed by atoms with Crippen molar-refractivity contribution in [2.45, 2.75) is 63.3 Å². The minimum absolute atomic E-state index is 0.209. The fourth-order valence-electron chi connectivity index (χ4n) is 12.7. The molecule has 3 heteroatoms. The Morgan fingerprint density at radius 1 is 0.569 bits per heavy atom. The van der Waals surface area contributed by atoms with Crippen molar-refractivity contribution in [3.05, 3.63) is 228 Å². The lowest BCUT2D eigenvalue weighted by Crippen LogP contribution is -2.70. The summed E-state index contributed by atoms with van der Waals surface area (Å²) in [6, 6.07) is 71.1. The van der Waals surface area contributed by atoms with E-state index < -0.39 is 0 Å². The predicted octanol–water partition coefficient (Wildman–Crippen LogP) is 14.2. The van der Waals surface area contributed by atoms with E-state index in [-0.39, 0.29) is 16.9 Å². The molecule has 0 saturated carbocycles. The molecule has 3 nitrogen and oxygen atoms in total. The minimum atomic E-state index is -0.275. The third-order valence-electron chi connectivity index (χ3n) is 16.1. The highest BCUT2D eigenvalue weighted by Gasteiger charge is 2.60. The molecule has 0 spiro atoms. The lowest BCUT2D eigenvalue weighted by atomic mass is 9.58. The van der Waals surface area contributed by atoms with Crippen molar-refractivity contribution in [3.8, 4) is 28.1 Å². The highest BCUT2D eigenvalue weighted by Crippen LogP contribution is 2.53. The molecule has 65 heavy (non-hydrogen) atoms. The molecule has 0 saturated heterocycles. The molecule has 2 aliphatic rings. The molecule has 0 N–H and O–H groups in total. The average Bonchev–Trinajstić information content (AvgIpc) is 3.69. The van der Waals surface area contributed by atoms with Crippen molar-refractivity contribution in [3.63, 3.8) is 0 Å². The van der Waals surface area contributed by atoms with Crippen LogP contribution in [0.5, 0.6) is 0 Å². The topological polar surface area (TPSA) is 12.9 Å². The summed E-state index contributed by atoms with van der Waals surface area (Å²) in [6.45, 7) is 7.40. The average molecular weight is 838 g/mol. The van der Waals surface area contributed by atoms with E-state index >= 15 is 0 Å². The van der Waals surface area contributed by atoms with Crippen molar-refractivity contribution in [2.75, 3.05) is 0 Å². The third-order valence-corrected chi connectivity index (χ3v) is 16.1.